The number of aliphatic hydroxyl groups is 1. The predicted octanol–water partition coefficient (Wildman–Crippen LogP) is 1.59. The Morgan fingerprint density at radius 1 is 1.36 bits per heavy atom. The molecule has 0 saturated heterocycles. The summed E-state index contributed by atoms with van der Waals surface area (Å²) in [6.45, 7) is 5.48. The summed E-state index contributed by atoms with van der Waals surface area (Å²) in [7, 11) is 0. The number of fused-ring (bicyclic) bond motifs is 1. The van der Waals surface area contributed by atoms with E-state index in [0.717, 1.165) is 5.06 Å². The zero-order valence-corrected chi connectivity index (χ0v) is 12.8. The second-order valence-corrected chi connectivity index (χ2v) is 5.85. The van der Waals surface area contributed by atoms with Crippen LogP contribution in [-0.2, 0) is 9.57 Å². The smallest absolute Gasteiger partial charge is 0.407 e. The van der Waals surface area contributed by atoms with E-state index in [9.17, 15) is 14.7 Å². The van der Waals surface area contributed by atoms with Crippen molar-refractivity contribution in [1.82, 2.24) is 10.4 Å². The van der Waals surface area contributed by atoms with Gasteiger partial charge in [0.25, 0.3) is 5.91 Å². The van der Waals surface area contributed by atoms with Crippen LogP contribution in [0.5, 0.6) is 0 Å². The minimum absolute atomic E-state index is 0.0377. The van der Waals surface area contributed by atoms with Gasteiger partial charge in [-0.25, -0.2) is 4.79 Å². The topological polar surface area (TPSA) is 88.1 Å². The third kappa shape index (κ3) is 3.75. The second kappa shape index (κ2) is 6.33. The lowest BCUT2D eigenvalue weighted by Crippen LogP contribution is -2.36. The second-order valence-electron chi connectivity index (χ2n) is 5.85. The molecule has 0 aromatic heterocycles. The lowest BCUT2D eigenvalue weighted by molar-refractivity contribution is -0.197. The van der Waals surface area contributed by atoms with Crippen molar-refractivity contribution in [1.29, 1.82) is 0 Å². The van der Waals surface area contributed by atoms with Crippen LogP contribution in [-0.4, -0.2) is 40.9 Å². The van der Waals surface area contributed by atoms with Gasteiger partial charge in [0.05, 0.1) is 6.61 Å². The van der Waals surface area contributed by atoms with Crippen LogP contribution in [0.2, 0.25) is 0 Å². The van der Waals surface area contributed by atoms with Gasteiger partial charge in [-0.1, -0.05) is 18.2 Å². The highest BCUT2D eigenvalue weighted by Crippen LogP contribution is 2.31. The van der Waals surface area contributed by atoms with Crippen LogP contribution in [0.3, 0.4) is 0 Å². The Morgan fingerprint density at radius 3 is 2.68 bits per heavy atom. The van der Waals surface area contributed by atoms with E-state index in [1.165, 1.54) is 0 Å². The molecular weight excluding hydrogens is 288 g/mol. The van der Waals surface area contributed by atoms with Gasteiger partial charge in [-0.3, -0.25) is 9.63 Å². The van der Waals surface area contributed by atoms with Crippen LogP contribution in [0.25, 0.3) is 0 Å². The van der Waals surface area contributed by atoms with Gasteiger partial charge in [0.2, 0.25) is 0 Å². The number of carbonyl (C=O) groups excluding carboxylic acids is 2. The molecule has 1 atom stereocenters. The number of hydroxylamine groups is 2. The SMILES string of the molecule is CC(C)(C)OC(=O)NCCON1C(=O)c2ccccc2C1O. The molecule has 0 radical (unpaired) electrons. The molecule has 0 spiro atoms. The van der Waals surface area contributed by atoms with Crippen molar-refractivity contribution in [2.24, 2.45) is 0 Å². The van der Waals surface area contributed by atoms with Crippen molar-refractivity contribution >= 4 is 12.0 Å². The van der Waals surface area contributed by atoms with Crippen molar-refractivity contribution in [3.8, 4) is 0 Å². The fourth-order valence-electron chi connectivity index (χ4n) is 2.01. The van der Waals surface area contributed by atoms with Crippen LogP contribution < -0.4 is 5.32 Å². The summed E-state index contributed by atoms with van der Waals surface area (Å²) in [5.74, 6) is -0.402. The summed E-state index contributed by atoms with van der Waals surface area (Å²) in [5.41, 5.74) is 0.343. The lowest BCUT2D eigenvalue weighted by Gasteiger charge is -2.21. The number of rotatable bonds is 4. The highest BCUT2D eigenvalue weighted by Gasteiger charge is 2.36. The Bertz CT molecular complexity index is 567. The van der Waals surface area contributed by atoms with Gasteiger partial charge in [0.15, 0.2) is 6.23 Å². The highest BCUT2D eigenvalue weighted by atomic mass is 16.7. The molecule has 1 heterocycles. The number of alkyl carbamates (subject to hydrolysis) is 1. The first-order valence-electron chi connectivity index (χ1n) is 7.00. The Morgan fingerprint density at radius 2 is 2.05 bits per heavy atom. The van der Waals surface area contributed by atoms with Gasteiger partial charge < -0.3 is 15.2 Å². The molecule has 2 amide bonds. The first kappa shape index (κ1) is 16.3. The lowest BCUT2D eigenvalue weighted by atomic mass is 10.1. The van der Waals surface area contributed by atoms with Crippen molar-refractivity contribution in [3.05, 3.63) is 35.4 Å². The monoisotopic (exact) mass is 308 g/mol. The van der Waals surface area contributed by atoms with Crippen LogP contribution in [0, 0.1) is 0 Å². The van der Waals surface area contributed by atoms with Crippen molar-refractivity contribution < 1.29 is 24.3 Å². The van der Waals surface area contributed by atoms with Crippen LogP contribution in [0.1, 0.15) is 42.9 Å². The van der Waals surface area contributed by atoms with Gasteiger partial charge in [0.1, 0.15) is 5.60 Å². The number of carbonyl (C=O) groups is 2. The largest absolute Gasteiger partial charge is 0.444 e. The molecular formula is C15H20N2O5. The van der Waals surface area contributed by atoms with E-state index >= 15 is 0 Å². The number of ether oxygens (including phenoxy) is 1. The van der Waals surface area contributed by atoms with Gasteiger partial charge >= 0.3 is 6.09 Å². The Balaban J connectivity index is 1.79. The first-order chi connectivity index (χ1) is 10.3. The summed E-state index contributed by atoms with van der Waals surface area (Å²) in [5, 5.41) is 13.5. The molecule has 7 heteroatoms. The minimum atomic E-state index is -1.13. The van der Waals surface area contributed by atoms with E-state index in [4.69, 9.17) is 9.57 Å². The maximum Gasteiger partial charge on any atom is 0.407 e. The third-order valence-electron chi connectivity index (χ3n) is 2.89. The molecule has 7 nitrogen and oxygen atoms in total. The summed E-state index contributed by atoms with van der Waals surface area (Å²) in [6, 6.07) is 6.75. The van der Waals surface area contributed by atoms with Crippen LogP contribution >= 0.6 is 0 Å². The van der Waals surface area contributed by atoms with Crippen LogP contribution in [0.15, 0.2) is 24.3 Å². The van der Waals surface area contributed by atoms with Crippen LogP contribution in [0.4, 0.5) is 4.79 Å². The molecule has 0 aliphatic carbocycles. The standard InChI is InChI=1S/C15H20N2O5/c1-15(2,3)22-14(20)16-8-9-21-17-12(18)10-6-4-5-7-11(10)13(17)19/h4-7,12,18H,8-9H2,1-3H3,(H,16,20). The molecule has 22 heavy (non-hydrogen) atoms. The van der Waals surface area contributed by atoms with E-state index in [1.54, 1.807) is 45.0 Å². The van der Waals surface area contributed by atoms with Crippen molar-refractivity contribution in [2.45, 2.75) is 32.6 Å². The third-order valence-corrected chi connectivity index (χ3v) is 2.89. The van der Waals surface area contributed by atoms with E-state index in [1.807, 2.05) is 0 Å². The van der Waals surface area contributed by atoms with Gasteiger partial charge in [-0.15, -0.1) is 0 Å². The zero-order valence-electron chi connectivity index (χ0n) is 12.8. The van der Waals surface area contributed by atoms with Crippen molar-refractivity contribution in [3.63, 3.8) is 0 Å². The molecule has 0 bridgehead atoms. The average Bonchev–Trinajstić information content (AvgIpc) is 2.67. The fraction of sp³-hybridized carbons (Fsp3) is 0.467. The van der Waals surface area contributed by atoms with Gasteiger partial charge in [0, 0.05) is 17.7 Å². The number of amides is 2. The fourth-order valence-corrected chi connectivity index (χ4v) is 2.01. The minimum Gasteiger partial charge on any atom is -0.444 e. The molecule has 1 aliphatic rings. The Labute approximate surface area is 128 Å². The Kier molecular flexibility index (Phi) is 4.68. The van der Waals surface area contributed by atoms with Gasteiger partial charge in [-0.2, -0.15) is 5.06 Å². The summed E-state index contributed by atoms with van der Waals surface area (Å²) >= 11 is 0. The summed E-state index contributed by atoms with van der Waals surface area (Å²) in [4.78, 5) is 28.7. The molecule has 1 aromatic carbocycles. The number of hydrogen-bond donors (Lipinski definition) is 2. The normalized spacial score (nSPS) is 17.4. The maximum atomic E-state index is 12.1. The summed E-state index contributed by atoms with van der Waals surface area (Å²) < 4.78 is 5.07. The zero-order chi connectivity index (χ0) is 16.3. The molecule has 1 aliphatic heterocycles. The Hall–Kier alpha value is -2.12. The summed E-state index contributed by atoms with van der Waals surface area (Å²) in [6.07, 6.45) is -1.70. The molecule has 1 unspecified atom stereocenters. The molecule has 120 valence electrons. The number of hydrogen-bond acceptors (Lipinski definition) is 5. The predicted molar refractivity (Wildman–Crippen MR) is 77.8 cm³/mol. The molecule has 0 fully saturated rings. The van der Waals surface area contributed by atoms with E-state index in [-0.39, 0.29) is 13.2 Å². The maximum absolute atomic E-state index is 12.1. The first-order valence-corrected chi connectivity index (χ1v) is 7.00. The quantitative estimate of drug-likeness (QED) is 0.825. The highest BCUT2D eigenvalue weighted by molar-refractivity contribution is 5.98. The molecule has 2 rings (SSSR count). The molecule has 0 saturated carbocycles. The molecule has 1 aromatic rings. The van der Waals surface area contributed by atoms with E-state index in [0.29, 0.717) is 11.1 Å². The van der Waals surface area contributed by atoms with E-state index < -0.39 is 23.8 Å². The number of nitrogens with zero attached hydrogens (tertiary/aromatic N) is 1. The number of benzene rings is 1. The van der Waals surface area contributed by atoms with Crippen molar-refractivity contribution in [2.75, 3.05) is 13.2 Å². The van der Waals surface area contributed by atoms with Gasteiger partial charge in [-0.05, 0) is 26.8 Å². The number of aliphatic hydroxyl groups excluding tert-OH is 1. The average molecular weight is 308 g/mol. The number of nitrogens with one attached hydrogen (secondary N) is 1. The van der Waals surface area contributed by atoms with E-state index in [2.05, 4.69) is 5.32 Å². The molecule has 2 N–H and O–H groups in total.